The average Bonchev–Trinajstić information content (AvgIpc) is 2.75. The van der Waals surface area contributed by atoms with E-state index in [0.29, 0.717) is 10.9 Å². The zero-order valence-electron chi connectivity index (χ0n) is 18.4. The van der Waals surface area contributed by atoms with Crippen molar-refractivity contribution in [2.45, 2.75) is 33.6 Å². The Morgan fingerprint density at radius 2 is 1.78 bits per heavy atom. The monoisotopic (exact) mass is 434 g/mol. The molecular formula is C26H26O6. The van der Waals surface area contributed by atoms with Crippen molar-refractivity contribution < 1.29 is 23.8 Å². The molecule has 3 rings (SSSR count). The van der Waals surface area contributed by atoms with E-state index in [4.69, 9.17) is 13.9 Å². The second-order valence-corrected chi connectivity index (χ2v) is 7.67. The molecule has 0 saturated heterocycles. The number of esters is 1. The zero-order valence-corrected chi connectivity index (χ0v) is 18.4. The van der Waals surface area contributed by atoms with Crippen LogP contribution < -0.4 is 15.1 Å². The molecule has 0 saturated carbocycles. The van der Waals surface area contributed by atoms with Gasteiger partial charge in [0.05, 0.1) is 10.9 Å². The van der Waals surface area contributed by atoms with Crippen LogP contribution in [0.3, 0.4) is 0 Å². The maximum Gasteiger partial charge on any atom is 0.383 e. The minimum absolute atomic E-state index is 0.0410. The Morgan fingerprint density at radius 1 is 1.03 bits per heavy atom. The van der Waals surface area contributed by atoms with Crippen molar-refractivity contribution in [3.8, 4) is 17.2 Å². The lowest BCUT2D eigenvalue weighted by atomic mass is 10.1. The van der Waals surface area contributed by atoms with E-state index >= 15 is 0 Å². The highest BCUT2D eigenvalue weighted by molar-refractivity contribution is 5.95. The molecule has 0 spiro atoms. The molecule has 0 unspecified atom stereocenters. The van der Waals surface area contributed by atoms with Crippen molar-refractivity contribution in [2.75, 3.05) is 6.61 Å². The molecule has 6 heteroatoms. The lowest BCUT2D eigenvalue weighted by molar-refractivity contribution is 0.0730. The fourth-order valence-electron chi connectivity index (χ4n) is 3.05. The Bertz CT molecular complexity index is 1210. The van der Waals surface area contributed by atoms with Gasteiger partial charge in [-0.15, -0.1) is 0 Å². The van der Waals surface area contributed by atoms with Crippen molar-refractivity contribution in [2.24, 2.45) is 0 Å². The van der Waals surface area contributed by atoms with Crippen molar-refractivity contribution in [3.63, 3.8) is 0 Å². The highest BCUT2D eigenvalue weighted by atomic mass is 16.6. The molecule has 0 radical (unpaired) electrons. The molecule has 0 atom stereocenters. The van der Waals surface area contributed by atoms with E-state index in [0.717, 1.165) is 18.4 Å². The summed E-state index contributed by atoms with van der Waals surface area (Å²) in [5, 5.41) is 10.1. The number of hydrogen-bond donors (Lipinski definition) is 1. The summed E-state index contributed by atoms with van der Waals surface area (Å²) in [4.78, 5) is 25.3. The van der Waals surface area contributed by atoms with Gasteiger partial charge in [-0.25, -0.2) is 9.59 Å². The second-order valence-electron chi connectivity index (χ2n) is 7.67. The first-order valence-electron chi connectivity index (χ1n) is 10.3. The van der Waals surface area contributed by atoms with Gasteiger partial charge in [0.15, 0.2) is 5.75 Å². The topological polar surface area (TPSA) is 86.0 Å². The van der Waals surface area contributed by atoms with Crippen LogP contribution in [-0.2, 0) is 0 Å². The number of carbonyl (C=O) groups is 1. The normalized spacial score (nSPS) is 11.3. The third kappa shape index (κ3) is 5.88. The van der Waals surface area contributed by atoms with Crippen LogP contribution in [0.1, 0.15) is 44.0 Å². The third-order valence-electron chi connectivity index (χ3n) is 4.76. The molecule has 166 valence electrons. The van der Waals surface area contributed by atoms with Crippen molar-refractivity contribution in [3.05, 3.63) is 87.8 Å². The fourth-order valence-corrected chi connectivity index (χ4v) is 3.05. The molecule has 0 aliphatic carbocycles. The summed E-state index contributed by atoms with van der Waals surface area (Å²) in [7, 11) is 0. The SMILES string of the molecule is CC(C)=CCC/C(C)=C/COc1c(OC(=O)c2ccccc2)c2ccc(O)cc2oc1=O. The molecule has 1 heterocycles. The molecule has 6 nitrogen and oxygen atoms in total. The van der Waals surface area contributed by atoms with Gasteiger partial charge in [-0.1, -0.05) is 35.4 Å². The van der Waals surface area contributed by atoms with E-state index < -0.39 is 11.6 Å². The van der Waals surface area contributed by atoms with Crippen molar-refractivity contribution in [1.29, 1.82) is 0 Å². The number of carbonyl (C=O) groups excluding carboxylic acids is 1. The van der Waals surface area contributed by atoms with Crippen molar-refractivity contribution in [1.82, 2.24) is 0 Å². The van der Waals surface area contributed by atoms with E-state index in [1.807, 2.05) is 13.0 Å². The number of rotatable bonds is 8. The van der Waals surface area contributed by atoms with Crippen LogP contribution in [0.4, 0.5) is 0 Å². The molecule has 2 aromatic carbocycles. The van der Waals surface area contributed by atoms with E-state index in [1.54, 1.807) is 30.3 Å². The molecule has 1 aromatic heterocycles. The Kier molecular flexibility index (Phi) is 7.49. The van der Waals surface area contributed by atoms with Gasteiger partial charge < -0.3 is 19.0 Å². The van der Waals surface area contributed by atoms with Crippen LogP contribution >= 0.6 is 0 Å². The predicted octanol–water partition coefficient (Wildman–Crippen LogP) is 5.79. The van der Waals surface area contributed by atoms with Gasteiger partial charge in [0.2, 0.25) is 5.75 Å². The Labute approximate surface area is 186 Å². The number of benzene rings is 2. The van der Waals surface area contributed by atoms with Crippen LogP contribution in [0, 0.1) is 0 Å². The molecule has 32 heavy (non-hydrogen) atoms. The zero-order chi connectivity index (χ0) is 23.1. The lowest BCUT2D eigenvalue weighted by Gasteiger charge is -2.12. The lowest BCUT2D eigenvalue weighted by Crippen LogP contribution is -2.14. The summed E-state index contributed by atoms with van der Waals surface area (Å²) in [5.74, 6) is -0.949. The average molecular weight is 434 g/mol. The summed E-state index contributed by atoms with van der Waals surface area (Å²) in [5.41, 5.74) is 1.99. The molecule has 1 N–H and O–H groups in total. The quantitative estimate of drug-likeness (QED) is 0.274. The number of allylic oxidation sites excluding steroid dienone is 3. The second kappa shape index (κ2) is 10.5. The number of ether oxygens (including phenoxy) is 2. The summed E-state index contributed by atoms with van der Waals surface area (Å²) in [6.07, 6.45) is 5.83. The standard InChI is InChI=1S/C26H26O6/c1-17(2)8-7-9-18(3)14-15-30-24-23(32-25(28)19-10-5-4-6-11-19)21-13-12-20(27)16-22(21)31-26(24)29/h4-6,8,10-14,16,27H,7,9,15H2,1-3H3/b18-14+. The molecular weight excluding hydrogens is 408 g/mol. The van der Waals surface area contributed by atoms with Crippen LogP contribution in [0.25, 0.3) is 11.0 Å². The van der Waals surface area contributed by atoms with E-state index in [2.05, 4.69) is 19.9 Å². The minimum atomic E-state index is -0.797. The first-order valence-corrected chi connectivity index (χ1v) is 10.3. The van der Waals surface area contributed by atoms with E-state index in [-0.39, 0.29) is 29.4 Å². The van der Waals surface area contributed by atoms with Gasteiger partial charge in [-0.3, -0.25) is 0 Å². The number of phenols is 1. The number of aromatic hydroxyl groups is 1. The first-order chi connectivity index (χ1) is 15.3. The molecule has 0 aliphatic rings. The number of fused-ring (bicyclic) bond motifs is 1. The van der Waals surface area contributed by atoms with Crippen molar-refractivity contribution >= 4 is 16.9 Å². The van der Waals surface area contributed by atoms with Gasteiger partial charge in [-0.2, -0.15) is 0 Å². The van der Waals surface area contributed by atoms with Gasteiger partial charge in [0.25, 0.3) is 0 Å². The number of hydrogen-bond acceptors (Lipinski definition) is 6. The van der Waals surface area contributed by atoms with E-state index in [9.17, 15) is 14.7 Å². The fraction of sp³-hybridized carbons (Fsp3) is 0.231. The Balaban J connectivity index is 1.91. The molecule has 0 aliphatic heterocycles. The molecule has 0 amide bonds. The molecule has 0 fully saturated rings. The molecule has 3 aromatic rings. The first kappa shape index (κ1) is 22.9. The maximum atomic E-state index is 12.7. The third-order valence-corrected chi connectivity index (χ3v) is 4.76. The minimum Gasteiger partial charge on any atom is -0.508 e. The summed E-state index contributed by atoms with van der Waals surface area (Å²) in [6, 6.07) is 12.6. The van der Waals surface area contributed by atoms with Crippen LogP contribution in [-0.4, -0.2) is 17.7 Å². The van der Waals surface area contributed by atoms with E-state index in [1.165, 1.54) is 23.8 Å². The smallest absolute Gasteiger partial charge is 0.383 e. The largest absolute Gasteiger partial charge is 0.508 e. The summed E-state index contributed by atoms with van der Waals surface area (Å²) < 4.78 is 16.6. The van der Waals surface area contributed by atoms with Gasteiger partial charge >= 0.3 is 11.6 Å². The summed E-state index contributed by atoms with van der Waals surface area (Å²) >= 11 is 0. The Hall–Kier alpha value is -3.80. The van der Waals surface area contributed by atoms with Gasteiger partial charge in [0, 0.05) is 6.07 Å². The summed E-state index contributed by atoms with van der Waals surface area (Å²) in [6.45, 7) is 6.22. The van der Waals surface area contributed by atoms with Gasteiger partial charge in [0.1, 0.15) is 17.9 Å². The Morgan fingerprint density at radius 3 is 2.50 bits per heavy atom. The van der Waals surface area contributed by atoms with Crippen LogP contribution in [0.5, 0.6) is 17.2 Å². The maximum absolute atomic E-state index is 12.7. The van der Waals surface area contributed by atoms with Crippen LogP contribution in [0.15, 0.2) is 81.0 Å². The van der Waals surface area contributed by atoms with Gasteiger partial charge in [-0.05, 0) is 64.0 Å². The predicted molar refractivity (Wildman–Crippen MR) is 123 cm³/mol. The highest BCUT2D eigenvalue weighted by Gasteiger charge is 2.21. The number of phenolic OH excluding ortho intramolecular Hbond substituents is 1. The van der Waals surface area contributed by atoms with Crippen LogP contribution in [0.2, 0.25) is 0 Å². The molecule has 0 bridgehead atoms. The highest BCUT2D eigenvalue weighted by Crippen LogP contribution is 2.35.